The molecule has 0 atom stereocenters. The number of hydrogen-bond donors (Lipinski definition) is 1. The highest BCUT2D eigenvalue weighted by Gasteiger charge is 2.48. The van der Waals surface area contributed by atoms with Gasteiger partial charge in [-0.25, -0.2) is 4.39 Å². The summed E-state index contributed by atoms with van der Waals surface area (Å²) < 4.78 is 23.6. The van der Waals surface area contributed by atoms with Gasteiger partial charge in [0.25, 0.3) is 0 Å². The van der Waals surface area contributed by atoms with E-state index in [9.17, 15) is 9.18 Å². The fourth-order valence-electron chi connectivity index (χ4n) is 1.79. The van der Waals surface area contributed by atoms with Gasteiger partial charge >= 0.3 is 5.97 Å². The molecule has 0 unspecified atom stereocenters. The van der Waals surface area contributed by atoms with E-state index < -0.39 is 17.2 Å². The summed E-state index contributed by atoms with van der Waals surface area (Å²) >= 11 is 0. The quantitative estimate of drug-likeness (QED) is 0.868. The first-order valence-electron chi connectivity index (χ1n) is 5.34. The van der Waals surface area contributed by atoms with Crippen molar-refractivity contribution < 1.29 is 23.8 Å². The number of halogens is 1. The number of ether oxygens (including phenoxy) is 2. The van der Waals surface area contributed by atoms with Crippen molar-refractivity contribution in [3.63, 3.8) is 0 Å². The van der Waals surface area contributed by atoms with Crippen LogP contribution in [0.3, 0.4) is 0 Å². The molecule has 1 aromatic carbocycles. The van der Waals surface area contributed by atoms with Crippen LogP contribution in [0, 0.1) is 5.82 Å². The van der Waals surface area contributed by atoms with Gasteiger partial charge in [-0.2, -0.15) is 0 Å². The van der Waals surface area contributed by atoms with Crippen molar-refractivity contribution in [3.05, 3.63) is 29.6 Å². The molecule has 1 N–H and O–H groups in total. The maximum atomic E-state index is 13.6. The SMILES string of the molecule is CCOc1ccc(C2(C(=O)O)COC2)cc1F. The second-order valence-corrected chi connectivity index (χ2v) is 3.96. The van der Waals surface area contributed by atoms with E-state index in [4.69, 9.17) is 14.6 Å². The molecule has 1 fully saturated rings. The Morgan fingerprint density at radius 2 is 2.29 bits per heavy atom. The van der Waals surface area contributed by atoms with Gasteiger partial charge in [-0.3, -0.25) is 4.79 Å². The molecule has 0 spiro atoms. The summed E-state index contributed by atoms with van der Waals surface area (Å²) in [6.07, 6.45) is 0. The zero-order chi connectivity index (χ0) is 12.5. The number of benzene rings is 1. The van der Waals surface area contributed by atoms with Crippen molar-refractivity contribution in [3.8, 4) is 5.75 Å². The average Bonchev–Trinajstić information content (AvgIpc) is 2.20. The molecule has 1 aromatic rings. The third-order valence-electron chi connectivity index (χ3n) is 2.89. The molecule has 0 amide bonds. The van der Waals surface area contributed by atoms with Crippen LogP contribution in [-0.2, 0) is 14.9 Å². The number of carboxylic acid groups (broad SMARTS) is 1. The third-order valence-corrected chi connectivity index (χ3v) is 2.89. The zero-order valence-electron chi connectivity index (χ0n) is 9.40. The van der Waals surface area contributed by atoms with Gasteiger partial charge in [-0.05, 0) is 24.6 Å². The van der Waals surface area contributed by atoms with E-state index >= 15 is 0 Å². The summed E-state index contributed by atoms with van der Waals surface area (Å²) in [6.45, 7) is 2.28. The Morgan fingerprint density at radius 1 is 1.59 bits per heavy atom. The number of rotatable bonds is 4. The Labute approximate surface area is 98.0 Å². The Balaban J connectivity index is 2.34. The molecule has 4 nitrogen and oxygen atoms in total. The summed E-state index contributed by atoms with van der Waals surface area (Å²) in [4.78, 5) is 11.2. The Hall–Kier alpha value is -1.62. The summed E-state index contributed by atoms with van der Waals surface area (Å²) in [7, 11) is 0. The monoisotopic (exact) mass is 240 g/mol. The number of carboxylic acids is 1. The van der Waals surface area contributed by atoms with Gasteiger partial charge in [-0.1, -0.05) is 6.07 Å². The second-order valence-electron chi connectivity index (χ2n) is 3.96. The molecule has 1 heterocycles. The molecule has 0 aliphatic carbocycles. The van der Waals surface area contributed by atoms with Crippen LogP contribution in [0.1, 0.15) is 12.5 Å². The predicted molar refractivity (Wildman–Crippen MR) is 57.7 cm³/mol. The Kier molecular flexibility index (Phi) is 3.02. The fraction of sp³-hybridized carbons (Fsp3) is 0.417. The van der Waals surface area contributed by atoms with Crippen LogP contribution in [0.25, 0.3) is 0 Å². The van der Waals surface area contributed by atoms with Crippen LogP contribution in [0.15, 0.2) is 18.2 Å². The lowest BCUT2D eigenvalue weighted by Gasteiger charge is -2.37. The first-order chi connectivity index (χ1) is 8.10. The fourth-order valence-corrected chi connectivity index (χ4v) is 1.79. The molecule has 1 saturated heterocycles. The average molecular weight is 240 g/mol. The largest absolute Gasteiger partial charge is 0.491 e. The summed E-state index contributed by atoms with van der Waals surface area (Å²) in [5, 5.41) is 9.17. The molecular formula is C12H13FO4. The molecule has 92 valence electrons. The molecule has 1 aliphatic rings. The normalized spacial score (nSPS) is 17.3. The standard InChI is InChI=1S/C12H13FO4/c1-2-17-10-4-3-8(5-9(10)13)12(11(14)15)6-16-7-12/h3-5H,2,6-7H2,1H3,(H,14,15). The van der Waals surface area contributed by atoms with Crippen LogP contribution >= 0.6 is 0 Å². The molecule has 2 rings (SSSR count). The van der Waals surface area contributed by atoms with Gasteiger partial charge < -0.3 is 14.6 Å². The van der Waals surface area contributed by atoms with Gasteiger partial charge in [0.1, 0.15) is 5.41 Å². The van der Waals surface area contributed by atoms with Gasteiger partial charge in [0.05, 0.1) is 19.8 Å². The van der Waals surface area contributed by atoms with Crippen molar-refractivity contribution in [2.24, 2.45) is 0 Å². The van der Waals surface area contributed by atoms with Crippen LogP contribution < -0.4 is 4.74 Å². The lowest BCUT2D eigenvalue weighted by molar-refractivity contribution is -0.163. The summed E-state index contributed by atoms with van der Waals surface area (Å²) in [5.41, 5.74) is -0.691. The minimum absolute atomic E-state index is 0.0791. The minimum atomic E-state index is -1.11. The zero-order valence-corrected chi connectivity index (χ0v) is 9.40. The van der Waals surface area contributed by atoms with Crippen LogP contribution in [-0.4, -0.2) is 30.9 Å². The van der Waals surface area contributed by atoms with Gasteiger partial charge in [0.2, 0.25) is 0 Å². The second kappa shape index (κ2) is 4.33. The molecule has 0 aromatic heterocycles. The highest BCUT2D eigenvalue weighted by molar-refractivity contribution is 5.83. The molecule has 0 radical (unpaired) electrons. The maximum Gasteiger partial charge on any atom is 0.318 e. The van der Waals surface area contributed by atoms with Crippen LogP contribution in [0.2, 0.25) is 0 Å². The lowest BCUT2D eigenvalue weighted by atomic mass is 9.78. The first-order valence-corrected chi connectivity index (χ1v) is 5.34. The predicted octanol–water partition coefficient (Wildman–Crippen LogP) is 1.58. The van der Waals surface area contributed by atoms with E-state index in [1.54, 1.807) is 13.0 Å². The number of carbonyl (C=O) groups is 1. The van der Waals surface area contributed by atoms with E-state index in [1.165, 1.54) is 12.1 Å². The van der Waals surface area contributed by atoms with Crippen molar-refractivity contribution in [2.45, 2.75) is 12.3 Å². The number of aliphatic carboxylic acids is 1. The van der Waals surface area contributed by atoms with E-state index in [0.717, 1.165) is 0 Å². The Morgan fingerprint density at radius 3 is 2.71 bits per heavy atom. The maximum absolute atomic E-state index is 13.6. The van der Waals surface area contributed by atoms with E-state index in [0.29, 0.717) is 12.2 Å². The van der Waals surface area contributed by atoms with E-state index in [-0.39, 0.29) is 19.0 Å². The van der Waals surface area contributed by atoms with Crippen LogP contribution in [0.5, 0.6) is 5.75 Å². The van der Waals surface area contributed by atoms with Gasteiger partial charge in [-0.15, -0.1) is 0 Å². The van der Waals surface area contributed by atoms with E-state index in [2.05, 4.69) is 0 Å². The summed E-state index contributed by atoms with van der Waals surface area (Å²) in [6, 6.07) is 4.24. The minimum Gasteiger partial charge on any atom is -0.491 e. The highest BCUT2D eigenvalue weighted by atomic mass is 19.1. The first kappa shape index (κ1) is 11.9. The van der Waals surface area contributed by atoms with Gasteiger partial charge in [0, 0.05) is 0 Å². The van der Waals surface area contributed by atoms with Crippen LogP contribution in [0.4, 0.5) is 4.39 Å². The Bertz CT molecular complexity index is 440. The topological polar surface area (TPSA) is 55.8 Å². The molecular weight excluding hydrogens is 227 g/mol. The molecule has 1 aliphatic heterocycles. The molecule has 0 saturated carbocycles. The molecule has 5 heteroatoms. The van der Waals surface area contributed by atoms with Crippen molar-refractivity contribution in [1.29, 1.82) is 0 Å². The van der Waals surface area contributed by atoms with E-state index in [1.807, 2.05) is 0 Å². The van der Waals surface area contributed by atoms with Crippen molar-refractivity contribution in [2.75, 3.05) is 19.8 Å². The van der Waals surface area contributed by atoms with Crippen molar-refractivity contribution >= 4 is 5.97 Å². The molecule has 0 bridgehead atoms. The number of hydrogen-bond acceptors (Lipinski definition) is 3. The third kappa shape index (κ3) is 1.86. The summed E-state index contributed by atoms with van der Waals surface area (Å²) in [5.74, 6) is -1.40. The smallest absolute Gasteiger partial charge is 0.318 e. The lowest BCUT2D eigenvalue weighted by Crippen LogP contribution is -2.53. The van der Waals surface area contributed by atoms with Gasteiger partial charge in [0.15, 0.2) is 11.6 Å². The highest BCUT2D eigenvalue weighted by Crippen LogP contribution is 2.34. The van der Waals surface area contributed by atoms with Crippen molar-refractivity contribution in [1.82, 2.24) is 0 Å². The molecule has 17 heavy (non-hydrogen) atoms.